The second kappa shape index (κ2) is 8.24. The molecule has 0 fully saturated rings. The van der Waals surface area contributed by atoms with Gasteiger partial charge in [-0.2, -0.15) is 5.26 Å². The molecule has 1 heterocycles. The van der Waals surface area contributed by atoms with E-state index >= 15 is 0 Å². The van der Waals surface area contributed by atoms with Gasteiger partial charge in [0.25, 0.3) is 0 Å². The second-order valence-corrected chi connectivity index (χ2v) is 6.52. The molecule has 0 atom stereocenters. The maximum Gasteiger partial charge on any atom is 0.126 e. The van der Waals surface area contributed by atoms with Crippen molar-refractivity contribution in [2.45, 2.75) is 13.2 Å². The zero-order valence-corrected chi connectivity index (χ0v) is 15.3. The van der Waals surface area contributed by atoms with Crippen LogP contribution in [0.25, 0.3) is 11.1 Å². The van der Waals surface area contributed by atoms with Gasteiger partial charge in [-0.15, -0.1) is 0 Å². The third-order valence-electron chi connectivity index (χ3n) is 4.56. The fourth-order valence-corrected chi connectivity index (χ4v) is 3.05. The SMILES string of the molecule is N#Cc1ccc(Cn2ccnc2)c(OCc2ccc(-c3ccccc3)cc2)c1. The molecule has 0 bridgehead atoms. The predicted octanol–water partition coefficient (Wildman–Crippen LogP) is 5.05. The zero-order valence-electron chi connectivity index (χ0n) is 15.3. The Balaban J connectivity index is 1.50. The summed E-state index contributed by atoms with van der Waals surface area (Å²) in [7, 11) is 0. The van der Waals surface area contributed by atoms with Crippen molar-refractivity contribution in [3.05, 3.63) is 108 Å². The molecule has 0 aliphatic heterocycles. The van der Waals surface area contributed by atoms with E-state index < -0.39 is 0 Å². The molecular formula is C24H19N3O. The lowest BCUT2D eigenvalue weighted by molar-refractivity contribution is 0.302. The molecule has 4 heteroatoms. The van der Waals surface area contributed by atoms with E-state index in [0.29, 0.717) is 18.7 Å². The molecule has 0 amide bonds. The number of nitrogens with zero attached hydrogens (tertiary/aromatic N) is 3. The van der Waals surface area contributed by atoms with Crippen LogP contribution in [0.3, 0.4) is 0 Å². The maximum absolute atomic E-state index is 9.21. The monoisotopic (exact) mass is 365 g/mol. The minimum absolute atomic E-state index is 0.445. The smallest absolute Gasteiger partial charge is 0.126 e. The average molecular weight is 365 g/mol. The summed E-state index contributed by atoms with van der Waals surface area (Å²) in [5.74, 6) is 0.722. The van der Waals surface area contributed by atoms with Gasteiger partial charge in [0.2, 0.25) is 0 Å². The van der Waals surface area contributed by atoms with E-state index in [2.05, 4.69) is 47.5 Å². The largest absolute Gasteiger partial charge is 0.489 e. The molecule has 0 aliphatic carbocycles. The van der Waals surface area contributed by atoms with Crippen LogP contribution in [0.15, 0.2) is 91.5 Å². The van der Waals surface area contributed by atoms with Crippen LogP contribution in [0.4, 0.5) is 0 Å². The normalized spacial score (nSPS) is 10.4. The van der Waals surface area contributed by atoms with Gasteiger partial charge < -0.3 is 9.30 Å². The Morgan fingerprint density at radius 3 is 2.43 bits per heavy atom. The van der Waals surface area contributed by atoms with E-state index in [9.17, 15) is 5.26 Å². The Morgan fingerprint density at radius 1 is 0.929 bits per heavy atom. The van der Waals surface area contributed by atoms with Crippen LogP contribution in [0, 0.1) is 11.3 Å². The minimum Gasteiger partial charge on any atom is -0.489 e. The predicted molar refractivity (Wildman–Crippen MR) is 109 cm³/mol. The van der Waals surface area contributed by atoms with E-state index in [1.54, 1.807) is 18.6 Å². The van der Waals surface area contributed by atoms with Crippen molar-refractivity contribution in [3.8, 4) is 22.9 Å². The molecule has 4 rings (SSSR count). The van der Waals surface area contributed by atoms with Gasteiger partial charge in [0, 0.05) is 18.0 Å². The molecule has 0 radical (unpaired) electrons. The van der Waals surface area contributed by atoms with Crippen molar-refractivity contribution in [1.29, 1.82) is 5.26 Å². The van der Waals surface area contributed by atoms with E-state index in [4.69, 9.17) is 4.74 Å². The number of benzene rings is 3. The van der Waals surface area contributed by atoms with Gasteiger partial charge in [0.05, 0.1) is 24.5 Å². The van der Waals surface area contributed by atoms with E-state index in [1.807, 2.05) is 41.1 Å². The summed E-state index contributed by atoms with van der Waals surface area (Å²) in [5, 5.41) is 9.21. The Morgan fingerprint density at radius 2 is 1.71 bits per heavy atom. The number of ether oxygens (including phenoxy) is 1. The van der Waals surface area contributed by atoms with Gasteiger partial charge in [0.15, 0.2) is 0 Å². The zero-order chi connectivity index (χ0) is 19.2. The van der Waals surface area contributed by atoms with Gasteiger partial charge in [0.1, 0.15) is 12.4 Å². The fourth-order valence-electron chi connectivity index (χ4n) is 3.05. The van der Waals surface area contributed by atoms with Crippen LogP contribution in [0.2, 0.25) is 0 Å². The number of rotatable bonds is 6. The van der Waals surface area contributed by atoms with Gasteiger partial charge in [-0.3, -0.25) is 0 Å². The standard InChI is InChI=1S/C24H19N3O/c25-15-20-8-11-23(16-27-13-12-26-18-27)24(14-20)28-17-19-6-9-22(10-7-19)21-4-2-1-3-5-21/h1-14,18H,16-17H2. The summed E-state index contributed by atoms with van der Waals surface area (Å²) < 4.78 is 8.05. The summed E-state index contributed by atoms with van der Waals surface area (Å²) in [6, 6.07) is 26.4. The third-order valence-corrected chi connectivity index (χ3v) is 4.56. The van der Waals surface area contributed by atoms with Crippen molar-refractivity contribution in [2.24, 2.45) is 0 Å². The molecule has 0 saturated carbocycles. The first kappa shape index (κ1) is 17.6. The summed E-state index contributed by atoms with van der Waals surface area (Å²) in [6.07, 6.45) is 5.42. The molecule has 4 aromatic rings. The average Bonchev–Trinajstić information content (AvgIpc) is 3.27. The first-order valence-electron chi connectivity index (χ1n) is 9.08. The van der Waals surface area contributed by atoms with Gasteiger partial charge in [-0.1, -0.05) is 60.7 Å². The van der Waals surface area contributed by atoms with Crippen LogP contribution >= 0.6 is 0 Å². The van der Waals surface area contributed by atoms with Gasteiger partial charge >= 0.3 is 0 Å². The Hall–Kier alpha value is -3.84. The van der Waals surface area contributed by atoms with Crippen LogP contribution in [-0.2, 0) is 13.2 Å². The first-order chi connectivity index (χ1) is 13.8. The Kier molecular flexibility index (Phi) is 5.17. The Labute approximate surface area is 164 Å². The van der Waals surface area contributed by atoms with Gasteiger partial charge in [-0.25, -0.2) is 4.98 Å². The third kappa shape index (κ3) is 4.11. The molecule has 0 aliphatic rings. The lowest BCUT2D eigenvalue weighted by Gasteiger charge is -2.13. The lowest BCUT2D eigenvalue weighted by atomic mass is 10.0. The quantitative estimate of drug-likeness (QED) is 0.480. The number of aromatic nitrogens is 2. The molecule has 3 aromatic carbocycles. The molecule has 4 nitrogen and oxygen atoms in total. The van der Waals surface area contributed by atoms with Crippen LogP contribution in [0.5, 0.6) is 5.75 Å². The highest BCUT2D eigenvalue weighted by Crippen LogP contribution is 2.24. The molecule has 1 aromatic heterocycles. The molecule has 0 N–H and O–H groups in total. The van der Waals surface area contributed by atoms with E-state index in [-0.39, 0.29) is 0 Å². The van der Waals surface area contributed by atoms with Crippen molar-refractivity contribution in [2.75, 3.05) is 0 Å². The van der Waals surface area contributed by atoms with Crippen LogP contribution in [-0.4, -0.2) is 9.55 Å². The Bertz CT molecular complexity index is 1080. The lowest BCUT2D eigenvalue weighted by Crippen LogP contribution is -2.03. The summed E-state index contributed by atoms with van der Waals surface area (Å²) in [5.41, 5.74) is 5.05. The van der Waals surface area contributed by atoms with Gasteiger partial charge in [-0.05, 0) is 28.8 Å². The molecule has 136 valence electrons. The van der Waals surface area contributed by atoms with Crippen molar-refractivity contribution >= 4 is 0 Å². The number of hydrogen-bond acceptors (Lipinski definition) is 3. The van der Waals surface area contributed by atoms with E-state index in [1.165, 1.54) is 11.1 Å². The molecule has 0 saturated heterocycles. The van der Waals surface area contributed by atoms with E-state index in [0.717, 1.165) is 16.9 Å². The second-order valence-electron chi connectivity index (χ2n) is 6.52. The maximum atomic E-state index is 9.21. The molecular weight excluding hydrogens is 346 g/mol. The number of imidazole rings is 1. The summed E-state index contributed by atoms with van der Waals surface area (Å²) in [4.78, 5) is 4.08. The number of nitriles is 1. The van der Waals surface area contributed by atoms with Crippen LogP contribution < -0.4 is 4.74 Å². The highest BCUT2D eigenvalue weighted by molar-refractivity contribution is 5.63. The highest BCUT2D eigenvalue weighted by Gasteiger charge is 2.07. The summed E-state index contributed by atoms with van der Waals surface area (Å²) in [6.45, 7) is 1.09. The molecule has 0 unspecified atom stereocenters. The number of hydrogen-bond donors (Lipinski definition) is 0. The molecule has 0 spiro atoms. The van der Waals surface area contributed by atoms with Crippen molar-refractivity contribution < 1.29 is 4.74 Å². The molecule has 28 heavy (non-hydrogen) atoms. The first-order valence-corrected chi connectivity index (χ1v) is 9.08. The summed E-state index contributed by atoms with van der Waals surface area (Å²) >= 11 is 0. The minimum atomic E-state index is 0.445. The van der Waals surface area contributed by atoms with Crippen molar-refractivity contribution in [1.82, 2.24) is 9.55 Å². The topological polar surface area (TPSA) is 50.8 Å². The van der Waals surface area contributed by atoms with Crippen LogP contribution in [0.1, 0.15) is 16.7 Å². The fraction of sp³-hybridized carbons (Fsp3) is 0.0833. The van der Waals surface area contributed by atoms with Crippen molar-refractivity contribution in [3.63, 3.8) is 0 Å². The highest BCUT2D eigenvalue weighted by atomic mass is 16.5.